The van der Waals surface area contributed by atoms with E-state index < -0.39 is 28.5 Å². The molecule has 3 aromatic rings. The highest BCUT2D eigenvalue weighted by Crippen LogP contribution is 2.28. The summed E-state index contributed by atoms with van der Waals surface area (Å²) >= 11 is 6.28. The third-order valence-corrected chi connectivity index (χ3v) is 7.25. The molecule has 0 bridgehead atoms. The van der Waals surface area contributed by atoms with E-state index in [4.69, 9.17) is 16.3 Å². The number of para-hydroxylation sites is 1. The Hall–Kier alpha value is -3.56. The van der Waals surface area contributed by atoms with Gasteiger partial charge in [-0.05, 0) is 35.4 Å². The number of nitrogens with zero attached hydrogens (tertiary/aromatic N) is 2. The number of carbonyl (C=O) groups is 2. The van der Waals surface area contributed by atoms with Crippen LogP contribution in [0.15, 0.2) is 78.9 Å². The lowest BCUT2D eigenvalue weighted by atomic mass is 10.0. The number of benzene rings is 3. The maximum absolute atomic E-state index is 13.9. The van der Waals surface area contributed by atoms with Crippen LogP contribution in [0.2, 0.25) is 5.02 Å². The van der Waals surface area contributed by atoms with Crippen molar-refractivity contribution in [1.29, 1.82) is 0 Å². The lowest BCUT2D eigenvalue weighted by molar-refractivity contribution is -0.139. The molecule has 0 aliphatic carbocycles. The monoisotopic (exact) mass is 543 g/mol. The van der Waals surface area contributed by atoms with Crippen LogP contribution in [-0.2, 0) is 32.6 Å². The van der Waals surface area contributed by atoms with Crippen molar-refractivity contribution in [2.45, 2.75) is 19.0 Å². The van der Waals surface area contributed by atoms with Crippen LogP contribution in [0, 0.1) is 0 Å². The van der Waals surface area contributed by atoms with Gasteiger partial charge in [-0.2, -0.15) is 0 Å². The minimum atomic E-state index is -3.88. The third-order valence-electron chi connectivity index (χ3n) is 5.80. The van der Waals surface area contributed by atoms with Gasteiger partial charge in [0.2, 0.25) is 21.8 Å². The number of halogens is 1. The zero-order chi connectivity index (χ0) is 27.0. The number of amides is 2. The Morgan fingerprint density at radius 3 is 2.24 bits per heavy atom. The average molecular weight is 544 g/mol. The van der Waals surface area contributed by atoms with Gasteiger partial charge in [0.1, 0.15) is 18.3 Å². The Morgan fingerprint density at radius 1 is 0.973 bits per heavy atom. The Balaban J connectivity index is 2.04. The molecule has 0 fully saturated rings. The smallest absolute Gasteiger partial charge is 0.244 e. The van der Waals surface area contributed by atoms with Crippen LogP contribution in [0.5, 0.6) is 5.75 Å². The van der Waals surface area contributed by atoms with Gasteiger partial charge < -0.3 is 15.0 Å². The summed E-state index contributed by atoms with van der Waals surface area (Å²) in [5.41, 5.74) is 1.75. The Kier molecular flexibility index (Phi) is 9.54. The molecule has 8 nitrogen and oxygen atoms in total. The topological polar surface area (TPSA) is 96.0 Å². The molecule has 1 atom stereocenters. The molecule has 2 amide bonds. The molecule has 0 aliphatic heterocycles. The SMILES string of the molecule is CNC(=O)C(Cc1ccccc1)N(Cc1cccc(OC)c1)C(=O)CN(c1ccccc1Cl)S(C)(=O)=O. The zero-order valence-corrected chi connectivity index (χ0v) is 22.5. The van der Waals surface area contributed by atoms with Crippen molar-refractivity contribution in [3.63, 3.8) is 0 Å². The Bertz CT molecular complexity index is 1330. The zero-order valence-electron chi connectivity index (χ0n) is 20.9. The molecule has 10 heteroatoms. The Labute approximate surface area is 222 Å². The van der Waals surface area contributed by atoms with Crippen LogP contribution in [0.4, 0.5) is 5.69 Å². The number of rotatable bonds is 11. The van der Waals surface area contributed by atoms with E-state index in [-0.39, 0.29) is 29.6 Å². The normalized spacial score (nSPS) is 11.9. The molecule has 1 N–H and O–H groups in total. The highest BCUT2D eigenvalue weighted by atomic mass is 35.5. The van der Waals surface area contributed by atoms with Gasteiger partial charge in [-0.25, -0.2) is 8.42 Å². The lowest BCUT2D eigenvalue weighted by Gasteiger charge is -2.33. The second-order valence-electron chi connectivity index (χ2n) is 8.41. The number of hydrogen-bond donors (Lipinski definition) is 1. The molecule has 3 aromatic carbocycles. The highest BCUT2D eigenvalue weighted by molar-refractivity contribution is 7.92. The summed E-state index contributed by atoms with van der Waals surface area (Å²) in [7, 11) is -0.841. The fraction of sp³-hybridized carbons (Fsp3) is 0.259. The van der Waals surface area contributed by atoms with E-state index in [0.717, 1.165) is 21.7 Å². The number of likely N-dealkylation sites (N-methyl/N-ethyl adjacent to an activating group) is 1. The van der Waals surface area contributed by atoms with E-state index in [1.54, 1.807) is 43.5 Å². The molecule has 0 saturated heterocycles. The molecule has 0 spiro atoms. The van der Waals surface area contributed by atoms with Crippen molar-refractivity contribution in [1.82, 2.24) is 10.2 Å². The first-order valence-corrected chi connectivity index (χ1v) is 13.8. The van der Waals surface area contributed by atoms with Crippen molar-refractivity contribution in [3.05, 3.63) is 95.0 Å². The number of methoxy groups -OCH3 is 1. The summed E-state index contributed by atoms with van der Waals surface area (Å²) < 4.78 is 31.7. The third kappa shape index (κ3) is 7.47. The van der Waals surface area contributed by atoms with Crippen LogP contribution >= 0.6 is 11.6 Å². The molecule has 196 valence electrons. The minimum absolute atomic E-state index is 0.0566. The van der Waals surface area contributed by atoms with Crippen LogP contribution in [-0.4, -0.2) is 58.1 Å². The predicted octanol–water partition coefficient (Wildman–Crippen LogP) is 3.50. The molecule has 0 aromatic heterocycles. The van der Waals surface area contributed by atoms with Gasteiger partial charge in [-0.15, -0.1) is 0 Å². The lowest BCUT2D eigenvalue weighted by Crippen LogP contribution is -2.52. The second-order valence-corrected chi connectivity index (χ2v) is 10.7. The van der Waals surface area contributed by atoms with Gasteiger partial charge in [0, 0.05) is 20.0 Å². The van der Waals surface area contributed by atoms with E-state index in [0.29, 0.717) is 5.75 Å². The van der Waals surface area contributed by atoms with E-state index in [1.165, 1.54) is 18.0 Å². The second kappa shape index (κ2) is 12.6. The predicted molar refractivity (Wildman–Crippen MR) is 145 cm³/mol. The number of hydrogen-bond acceptors (Lipinski definition) is 5. The van der Waals surface area contributed by atoms with Crippen LogP contribution in [0.3, 0.4) is 0 Å². The average Bonchev–Trinajstić information content (AvgIpc) is 2.89. The maximum atomic E-state index is 13.9. The van der Waals surface area contributed by atoms with Crippen LogP contribution < -0.4 is 14.4 Å². The van der Waals surface area contributed by atoms with Gasteiger partial charge in [-0.3, -0.25) is 13.9 Å². The largest absolute Gasteiger partial charge is 0.497 e. The van der Waals surface area contributed by atoms with Crippen molar-refractivity contribution >= 4 is 39.1 Å². The fourth-order valence-corrected chi connectivity index (χ4v) is 5.09. The van der Waals surface area contributed by atoms with Gasteiger partial charge in [0.15, 0.2) is 0 Å². The molecule has 0 heterocycles. The first-order chi connectivity index (χ1) is 17.6. The summed E-state index contributed by atoms with van der Waals surface area (Å²) in [6.45, 7) is -0.476. The molecule has 3 rings (SSSR count). The molecule has 37 heavy (non-hydrogen) atoms. The van der Waals surface area contributed by atoms with E-state index in [2.05, 4.69) is 5.32 Å². The first kappa shape index (κ1) is 28.0. The summed E-state index contributed by atoms with van der Waals surface area (Å²) in [6, 6.07) is 22.0. The summed E-state index contributed by atoms with van der Waals surface area (Å²) in [5.74, 6) is -0.334. The quantitative estimate of drug-likeness (QED) is 0.399. The fourth-order valence-electron chi connectivity index (χ4n) is 3.94. The molecule has 0 aliphatic rings. The van der Waals surface area contributed by atoms with E-state index in [1.807, 2.05) is 36.4 Å². The minimum Gasteiger partial charge on any atom is -0.497 e. The van der Waals surface area contributed by atoms with Crippen molar-refractivity contribution in [2.24, 2.45) is 0 Å². The molecular weight excluding hydrogens is 514 g/mol. The van der Waals surface area contributed by atoms with Crippen molar-refractivity contribution in [2.75, 3.05) is 31.3 Å². The highest BCUT2D eigenvalue weighted by Gasteiger charge is 2.33. The van der Waals surface area contributed by atoms with E-state index in [9.17, 15) is 18.0 Å². The van der Waals surface area contributed by atoms with E-state index >= 15 is 0 Å². The number of sulfonamides is 1. The van der Waals surface area contributed by atoms with Gasteiger partial charge in [0.25, 0.3) is 0 Å². The van der Waals surface area contributed by atoms with Gasteiger partial charge in [-0.1, -0.05) is 66.2 Å². The van der Waals surface area contributed by atoms with Crippen molar-refractivity contribution in [3.8, 4) is 5.75 Å². The number of carbonyl (C=O) groups excluding carboxylic acids is 2. The molecule has 0 radical (unpaired) electrons. The van der Waals surface area contributed by atoms with Crippen molar-refractivity contribution < 1.29 is 22.7 Å². The van der Waals surface area contributed by atoms with Gasteiger partial charge in [0.05, 0.1) is 24.1 Å². The molecule has 1 unspecified atom stereocenters. The summed E-state index contributed by atoms with van der Waals surface area (Å²) in [5, 5.41) is 2.83. The summed E-state index contributed by atoms with van der Waals surface area (Å²) in [4.78, 5) is 28.4. The van der Waals surface area contributed by atoms with Gasteiger partial charge >= 0.3 is 0 Å². The maximum Gasteiger partial charge on any atom is 0.244 e. The number of ether oxygens (including phenoxy) is 1. The molecule has 0 saturated carbocycles. The standard InChI is InChI=1S/C27H30ClN3O5S/c1-29-27(33)25(17-20-10-5-4-6-11-20)30(18-21-12-9-13-22(16-21)36-2)26(32)19-31(37(3,34)35)24-15-8-7-14-23(24)28/h4-16,25H,17-19H2,1-3H3,(H,29,33). The number of anilines is 1. The van der Waals surface area contributed by atoms with Crippen LogP contribution in [0.25, 0.3) is 0 Å². The molecular formula is C27H30ClN3O5S. The Morgan fingerprint density at radius 2 is 1.62 bits per heavy atom. The summed E-state index contributed by atoms with van der Waals surface area (Å²) in [6.07, 6.45) is 1.25. The first-order valence-electron chi connectivity index (χ1n) is 11.5. The van der Waals surface area contributed by atoms with Crippen LogP contribution in [0.1, 0.15) is 11.1 Å². The number of nitrogens with one attached hydrogen (secondary N) is 1.